The molecule has 1 aromatic carbocycles. The van der Waals surface area contributed by atoms with E-state index in [0.717, 1.165) is 0 Å². The first-order valence-corrected chi connectivity index (χ1v) is 7.59. The number of benzene rings is 1. The quantitative estimate of drug-likeness (QED) is 0.888. The predicted octanol–water partition coefficient (Wildman–Crippen LogP) is 0.735. The molecule has 122 valence electrons. The lowest BCUT2D eigenvalue weighted by atomic mass is 9.98. The Bertz CT molecular complexity index is 645. The number of carbonyl (C=O) groups is 3. The van der Waals surface area contributed by atoms with E-state index in [1.807, 2.05) is 0 Å². The highest BCUT2D eigenvalue weighted by Gasteiger charge is 2.32. The summed E-state index contributed by atoms with van der Waals surface area (Å²) in [6.45, 7) is 0.546. The maximum atomic E-state index is 12.5. The molecule has 0 spiro atoms. The summed E-state index contributed by atoms with van der Waals surface area (Å²) >= 11 is 0. The van der Waals surface area contributed by atoms with Crippen molar-refractivity contribution >= 4 is 23.5 Å². The number of anilines is 1. The lowest BCUT2D eigenvalue weighted by Gasteiger charge is -2.34. The van der Waals surface area contributed by atoms with E-state index in [1.165, 1.54) is 9.80 Å². The van der Waals surface area contributed by atoms with Crippen LogP contribution in [0.25, 0.3) is 0 Å². The first-order valence-electron chi connectivity index (χ1n) is 7.59. The number of fused-ring (bicyclic) bond motifs is 1. The molecule has 0 saturated carbocycles. The lowest BCUT2D eigenvalue weighted by molar-refractivity contribution is -0.145. The molecular weight excluding hydrogens is 300 g/mol. The van der Waals surface area contributed by atoms with Crippen LogP contribution in [0.5, 0.6) is 5.75 Å². The summed E-state index contributed by atoms with van der Waals surface area (Å²) in [5.41, 5.74) is 0.573. The molecule has 2 amide bonds. The fraction of sp³-hybridized carbons (Fsp3) is 0.438. The second kappa shape index (κ2) is 6.28. The molecule has 2 aliphatic rings. The molecule has 1 N–H and O–H groups in total. The van der Waals surface area contributed by atoms with Gasteiger partial charge in [-0.25, -0.2) is 0 Å². The van der Waals surface area contributed by atoms with Crippen molar-refractivity contribution < 1.29 is 24.2 Å². The number of carboxylic acid groups (broad SMARTS) is 1. The Morgan fingerprint density at radius 1 is 1.30 bits per heavy atom. The van der Waals surface area contributed by atoms with Crippen LogP contribution in [0.2, 0.25) is 0 Å². The number of amides is 2. The number of likely N-dealkylation sites (tertiary alicyclic amines) is 1. The third-order valence-electron chi connectivity index (χ3n) is 4.22. The van der Waals surface area contributed by atoms with E-state index >= 15 is 0 Å². The Labute approximate surface area is 133 Å². The van der Waals surface area contributed by atoms with Crippen molar-refractivity contribution in [3.8, 4) is 5.75 Å². The summed E-state index contributed by atoms with van der Waals surface area (Å²) in [6, 6.07) is 7.06. The van der Waals surface area contributed by atoms with Crippen molar-refractivity contribution in [3.63, 3.8) is 0 Å². The zero-order valence-corrected chi connectivity index (χ0v) is 12.6. The SMILES string of the molecule is O=C(O)C1CCCN(C(=O)CN2C(=O)COc3ccccc32)C1. The second-order valence-electron chi connectivity index (χ2n) is 5.75. The summed E-state index contributed by atoms with van der Waals surface area (Å²) in [5, 5.41) is 9.11. The number of rotatable bonds is 3. The Morgan fingerprint density at radius 3 is 2.87 bits per heavy atom. The smallest absolute Gasteiger partial charge is 0.308 e. The molecule has 1 aromatic rings. The monoisotopic (exact) mass is 318 g/mol. The summed E-state index contributed by atoms with van der Waals surface area (Å²) in [5.74, 6) is -1.34. The van der Waals surface area contributed by atoms with Crippen molar-refractivity contribution in [1.82, 2.24) is 4.90 Å². The van der Waals surface area contributed by atoms with Gasteiger partial charge < -0.3 is 14.7 Å². The van der Waals surface area contributed by atoms with Gasteiger partial charge in [0, 0.05) is 13.1 Å². The molecule has 1 unspecified atom stereocenters. The largest absolute Gasteiger partial charge is 0.482 e. The molecule has 2 aliphatic heterocycles. The van der Waals surface area contributed by atoms with Gasteiger partial charge in [0.05, 0.1) is 11.6 Å². The van der Waals surface area contributed by atoms with E-state index in [4.69, 9.17) is 9.84 Å². The maximum absolute atomic E-state index is 12.5. The number of carbonyl (C=O) groups excluding carboxylic acids is 2. The fourth-order valence-electron chi connectivity index (χ4n) is 2.97. The summed E-state index contributed by atoms with van der Waals surface area (Å²) in [4.78, 5) is 38.6. The maximum Gasteiger partial charge on any atom is 0.308 e. The molecule has 0 aromatic heterocycles. The van der Waals surface area contributed by atoms with E-state index in [2.05, 4.69) is 0 Å². The van der Waals surface area contributed by atoms with Crippen LogP contribution < -0.4 is 9.64 Å². The number of piperidine rings is 1. The van der Waals surface area contributed by atoms with Gasteiger partial charge in [0.15, 0.2) is 6.61 Å². The molecule has 2 heterocycles. The number of hydrogen-bond donors (Lipinski definition) is 1. The Balaban J connectivity index is 1.72. The van der Waals surface area contributed by atoms with Crippen molar-refractivity contribution in [3.05, 3.63) is 24.3 Å². The summed E-state index contributed by atoms with van der Waals surface area (Å²) in [7, 11) is 0. The average molecular weight is 318 g/mol. The van der Waals surface area contributed by atoms with Gasteiger partial charge in [-0.1, -0.05) is 12.1 Å². The van der Waals surface area contributed by atoms with Crippen molar-refractivity contribution in [1.29, 1.82) is 0 Å². The fourth-order valence-corrected chi connectivity index (χ4v) is 2.97. The number of aliphatic carboxylic acids is 1. The van der Waals surface area contributed by atoms with Crippen LogP contribution in [0.4, 0.5) is 5.69 Å². The molecule has 0 aliphatic carbocycles. The van der Waals surface area contributed by atoms with Gasteiger partial charge in [-0.2, -0.15) is 0 Å². The molecule has 7 nitrogen and oxygen atoms in total. The minimum absolute atomic E-state index is 0.0917. The Morgan fingerprint density at radius 2 is 2.09 bits per heavy atom. The number of nitrogens with zero attached hydrogens (tertiary/aromatic N) is 2. The molecule has 3 rings (SSSR count). The van der Waals surface area contributed by atoms with Crippen LogP contribution in [0, 0.1) is 5.92 Å². The molecule has 23 heavy (non-hydrogen) atoms. The van der Waals surface area contributed by atoms with Crippen molar-refractivity contribution in [2.45, 2.75) is 12.8 Å². The van der Waals surface area contributed by atoms with Crippen LogP contribution in [0.1, 0.15) is 12.8 Å². The standard InChI is InChI=1S/C16H18N2O5/c19-14(17-7-3-4-11(8-17)16(21)22)9-18-12-5-1-2-6-13(12)23-10-15(18)20/h1-2,5-6,11H,3-4,7-10H2,(H,21,22). The first kappa shape index (κ1) is 15.3. The minimum atomic E-state index is -0.879. The number of para-hydroxylation sites is 2. The molecule has 7 heteroatoms. The topological polar surface area (TPSA) is 87.2 Å². The number of ether oxygens (including phenoxy) is 1. The van der Waals surface area contributed by atoms with E-state index in [0.29, 0.717) is 30.8 Å². The summed E-state index contributed by atoms with van der Waals surface area (Å²) in [6.07, 6.45) is 1.24. The Kier molecular flexibility index (Phi) is 4.18. The zero-order valence-electron chi connectivity index (χ0n) is 12.6. The van der Waals surface area contributed by atoms with Gasteiger partial charge in [0.2, 0.25) is 5.91 Å². The predicted molar refractivity (Wildman–Crippen MR) is 81.2 cm³/mol. The van der Waals surface area contributed by atoms with Gasteiger partial charge in [-0.05, 0) is 25.0 Å². The van der Waals surface area contributed by atoms with Gasteiger partial charge in [-0.3, -0.25) is 19.3 Å². The molecule has 1 fully saturated rings. The van der Waals surface area contributed by atoms with Crippen LogP contribution in [0.15, 0.2) is 24.3 Å². The second-order valence-corrected chi connectivity index (χ2v) is 5.75. The van der Waals surface area contributed by atoms with Gasteiger partial charge in [-0.15, -0.1) is 0 Å². The van der Waals surface area contributed by atoms with Gasteiger partial charge >= 0.3 is 5.97 Å². The number of carboxylic acids is 1. The summed E-state index contributed by atoms with van der Waals surface area (Å²) < 4.78 is 5.35. The lowest BCUT2D eigenvalue weighted by Crippen LogP contribution is -2.49. The highest BCUT2D eigenvalue weighted by molar-refractivity contribution is 6.02. The van der Waals surface area contributed by atoms with E-state index in [1.54, 1.807) is 24.3 Å². The molecule has 0 radical (unpaired) electrons. The molecule has 1 atom stereocenters. The third-order valence-corrected chi connectivity index (χ3v) is 4.22. The van der Waals surface area contributed by atoms with Crippen LogP contribution in [0.3, 0.4) is 0 Å². The zero-order chi connectivity index (χ0) is 16.4. The van der Waals surface area contributed by atoms with Gasteiger partial charge in [0.1, 0.15) is 12.3 Å². The third kappa shape index (κ3) is 3.13. The van der Waals surface area contributed by atoms with Crippen LogP contribution in [-0.2, 0) is 14.4 Å². The Hall–Kier alpha value is -2.57. The van der Waals surface area contributed by atoms with Crippen molar-refractivity contribution in [2.75, 3.05) is 31.1 Å². The highest BCUT2D eigenvalue weighted by Crippen LogP contribution is 2.31. The molecular formula is C16H18N2O5. The van der Waals surface area contributed by atoms with Crippen LogP contribution >= 0.6 is 0 Å². The van der Waals surface area contributed by atoms with Gasteiger partial charge in [0.25, 0.3) is 5.91 Å². The average Bonchev–Trinajstić information content (AvgIpc) is 2.57. The highest BCUT2D eigenvalue weighted by atomic mass is 16.5. The number of hydrogen-bond acceptors (Lipinski definition) is 4. The minimum Gasteiger partial charge on any atom is -0.482 e. The van der Waals surface area contributed by atoms with E-state index in [9.17, 15) is 14.4 Å². The van der Waals surface area contributed by atoms with E-state index in [-0.39, 0.29) is 31.5 Å². The van der Waals surface area contributed by atoms with Crippen molar-refractivity contribution in [2.24, 2.45) is 5.92 Å². The first-order chi connectivity index (χ1) is 11.1. The normalized spacial score (nSPS) is 20.7. The van der Waals surface area contributed by atoms with Crippen LogP contribution in [-0.4, -0.2) is 54.0 Å². The molecule has 1 saturated heterocycles. The molecule has 0 bridgehead atoms. The van der Waals surface area contributed by atoms with E-state index < -0.39 is 11.9 Å².